The zero-order valence-corrected chi connectivity index (χ0v) is 15.3. The van der Waals surface area contributed by atoms with Crippen LogP contribution in [0.15, 0.2) is 29.0 Å². The maximum absolute atomic E-state index is 12.9. The Morgan fingerprint density at radius 2 is 1.88 bits per heavy atom. The van der Waals surface area contributed by atoms with Crippen molar-refractivity contribution < 1.29 is 14.4 Å². The Morgan fingerprint density at radius 1 is 1.08 bits per heavy atom. The van der Waals surface area contributed by atoms with Crippen LogP contribution < -0.4 is 0 Å². The summed E-state index contributed by atoms with van der Waals surface area (Å²) in [6.45, 7) is 0.872. The first-order chi connectivity index (χ1) is 12.1. The van der Waals surface area contributed by atoms with Crippen LogP contribution in [0.25, 0.3) is 0 Å². The highest BCUT2D eigenvalue weighted by Gasteiger charge is 2.34. The molecule has 0 aliphatic carbocycles. The first kappa shape index (κ1) is 16.5. The molecule has 1 fully saturated rings. The van der Waals surface area contributed by atoms with Gasteiger partial charge in [0.15, 0.2) is 0 Å². The quantitative estimate of drug-likeness (QED) is 0.773. The number of carbonyl (C=O) groups is 3. The van der Waals surface area contributed by atoms with Gasteiger partial charge < -0.3 is 4.90 Å². The summed E-state index contributed by atoms with van der Waals surface area (Å²) in [6, 6.07) is 6.13. The van der Waals surface area contributed by atoms with Crippen molar-refractivity contribution in [1.82, 2.24) is 9.80 Å². The van der Waals surface area contributed by atoms with Crippen LogP contribution in [0.5, 0.6) is 0 Å². The predicted octanol–water partition coefficient (Wildman–Crippen LogP) is 2.82. The highest BCUT2D eigenvalue weighted by atomic mass is 32.1. The van der Waals surface area contributed by atoms with Gasteiger partial charge in [-0.3, -0.25) is 19.3 Å². The molecule has 130 valence electrons. The summed E-state index contributed by atoms with van der Waals surface area (Å²) in [5.41, 5.74) is 1.21. The van der Waals surface area contributed by atoms with Gasteiger partial charge in [0.25, 0.3) is 0 Å². The molecule has 7 heteroatoms. The molecule has 2 aliphatic rings. The Bertz CT molecular complexity index is 796. The highest BCUT2D eigenvalue weighted by Crippen LogP contribution is 2.39. The van der Waals surface area contributed by atoms with E-state index in [4.69, 9.17) is 0 Å². The summed E-state index contributed by atoms with van der Waals surface area (Å²) >= 11 is 3.40. The van der Waals surface area contributed by atoms with Gasteiger partial charge in [-0.2, -0.15) is 0 Å². The van der Waals surface area contributed by atoms with Gasteiger partial charge in [0.2, 0.25) is 17.7 Å². The number of imide groups is 1. The van der Waals surface area contributed by atoms with E-state index in [0.29, 0.717) is 6.54 Å². The molecule has 0 saturated carbocycles. The number of hydrogen-bond donors (Lipinski definition) is 0. The lowest BCUT2D eigenvalue weighted by molar-refractivity contribution is -0.139. The topological polar surface area (TPSA) is 57.7 Å². The summed E-state index contributed by atoms with van der Waals surface area (Å²) in [5, 5.41) is 4.11. The van der Waals surface area contributed by atoms with Gasteiger partial charge in [-0.25, -0.2) is 0 Å². The van der Waals surface area contributed by atoms with E-state index >= 15 is 0 Å². The molecule has 5 nitrogen and oxygen atoms in total. The van der Waals surface area contributed by atoms with Crippen molar-refractivity contribution in [3.05, 3.63) is 44.3 Å². The molecule has 1 saturated heterocycles. The lowest BCUT2D eigenvalue weighted by atomic mass is 9.98. The second kappa shape index (κ2) is 6.72. The molecule has 0 bridgehead atoms. The molecule has 0 N–H and O–H groups in total. The van der Waals surface area contributed by atoms with Gasteiger partial charge in [-0.05, 0) is 34.9 Å². The normalized spacial score (nSPS) is 20.2. The molecular formula is C18H18N2O3S2. The van der Waals surface area contributed by atoms with E-state index in [-0.39, 0.29) is 49.6 Å². The highest BCUT2D eigenvalue weighted by molar-refractivity contribution is 7.10. The van der Waals surface area contributed by atoms with Crippen molar-refractivity contribution in [1.29, 1.82) is 0 Å². The number of thiophene rings is 2. The van der Waals surface area contributed by atoms with Crippen molar-refractivity contribution in [3.8, 4) is 0 Å². The van der Waals surface area contributed by atoms with Crippen LogP contribution in [-0.4, -0.2) is 40.6 Å². The standard InChI is InChI=1S/C18H18N2O3S2/c21-15-3-4-16(22)19(15)9-6-17(23)20-8-5-13-12(7-11-25-13)18(20)14-2-1-10-24-14/h1-2,7,10-11,18H,3-6,8-9H2/t18-/m1/s1. The lowest BCUT2D eigenvalue weighted by Gasteiger charge is -2.35. The largest absolute Gasteiger partial charge is 0.330 e. The third-order valence-corrected chi connectivity index (χ3v) is 6.72. The minimum Gasteiger partial charge on any atom is -0.330 e. The zero-order valence-electron chi connectivity index (χ0n) is 13.6. The maximum atomic E-state index is 12.9. The molecule has 1 atom stereocenters. The van der Waals surface area contributed by atoms with Gasteiger partial charge in [0.1, 0.15) is 0 Å². The number of hydrogen-bond acceptors (Lipinski definition) is 5. The number of rotatable bonds is 4. The molecule has 3 amide bonds. The SMILES string of the molecule is O=C1CCC(=O)N1CCC(=O)N1CCc2sccc2[C@@H]1c1cccs1. The average Bonchev–Trinajstić information content (AvgIpc) is 3.34. The summed E-state index contributed by atoms with van der Waals surface area (Å²) in [5.74, 6) is -0.319. The first-order valence-electron chi connectivity index (χ1n) is 8.37. The van der Waals surface area contributed by atoms with Gasteiger partial charge in [-0.15, -0.1) is 22.7 Å². The number of amides is 3. The lowest BCUT2D eigenvalue weighted by Crippen LogP contribution is -2.41. The number of carbonyl (C=O) groups excluding carboxylic acids is 3. The Morgan fingerprint density at radius 3 is 2.60 bits per heavy atom. The van der Waals surface area contributed by atoms with Crippen molar-refractivity contribution in [2.24, 2.45) is 0 Å². The summed E-state index contributed by atoms with van der Waals surface area (Å²) in [7, 11) is 0. The predicted molar refractivity (Wildman–Crippen MR) is 96.5 cm³/mol. The zero-order chi connectivity index (χ0) is 17.4. The molecule has 2 aromatic heterocycles. The van der Waals surface area contributed by atoms with E-state index in [9.17, 15) is 14.4 Å². The molecule has 0 unspecified atom stereocenters. The third kappa shape index (κ3) is 3.02. The summed E-state index contributed by atoms with van der Waals surface area (Å²) in [4.78, 5) is 42.0. The van der Waals surface area contributed by atoms with E-state index in [1.54, 1.807) is 22.7 Å². The van der Waals surface area contributed by atoms with Crippen molar-refractivity contribution in [2.75, 3.05) is 13.1 Å². The van der Waals surface area contributed by atoms with Gasteiger partial charge >= 0.3 is 0 Å². The van der Waals surface area contributed by atoms with Crippen LogP contribution >= 0.6 is 22.7 Å². The van der Waals surface area contributed by atoms with E-state index in [1.807, 2.05) is 16.3 Å². The fourth-order valence-electron chi connectivity index (χ4n) is 3.56. The third-order valence-electron chi connectivity index (χ3n) is 4.80. The minimum absolute atomic E-state index is 0.00255. The van der Waals surface area contributed by atoms with Gasteiger partial charge in [0, 0.05) is 42.1 Å². The van der Waals surface area contributed by atoms with Crippen molar-refractivity contribution in [3.63, 3.8) is 0 Å². The van der Waals surface area contributed by atoms with E-state index in [1.165, 1.54) is 15.3 Å². The second-order valence-electron chi connectivity index (χ2n) is 6.24. The molecule has 2 aliphatic heterocycles. The molecule has 0 aromatic carbocycles. The molecule has 25 heavy (non-hydrogen) atoms. The Hall–Kier alpha value is -1.99. The number of likely N-dealkylation sites (tertiary alicyclic amines) is 1. The molecule has 0 spiro atoms. The van der Waals surface area contributed by atoms with Crippen LogP contribution in [0.2, 0.25) is 0 Å². The van der Waals surface area contributed by atoms with Gasteiger partial charge in [0.05, 0.1) is 6.04 Å². The summed E-state index contributed by atoms with van der Waals surface area (Å²) in [6.07, 6.45) is 1.60. The fourth-order valence-corrected chi connectivity index (χ4v) is 5.32. The smallest absolute Gasteiger partial charge is 0.229 e. The number of fused-ring (bicyclic) bond motifs is 1. The minimum atomic E-state index is -0.161. The molecule has 0 radical (unpaired) electrons. The van der Waals surface area contributed by atoms with Crippen molar-refractivity contribution in [2.45, 2.75) is 31.7 Å². The van der Waals surface area contributed by atoms with Crippen LogP contribution in [0.4, 0.5) is 0 Å². The fraction of sp³-hybridized carbons (Fsp3) is 0.389. The summed E-state index contributed by atoms with van der Waals surface area (Å²) < 4.78 is 0. The molecule has 2 aromatic rings. The molecule has 4 heterocycles. The monoisotopic (exact) mass is 374 g/mol. The van der Waals surface area contributed by atoms with Crippen molar-refractivity contribution >= 4 is 40.4 Å². The number of nitrogens with zero attached hydrogens (tertiary/aromatic N) is 2. The van der Waals surface area contributed by atoms with Crippen LogP contribution in [0.1, 0.15) is 40.6 Å². The van der Waals surface area contributed by atoms with Gasteiger partial charge in [-0.1, -0.05) is 6.07 Å². The second-order valence-corrected chi connectivity index (χ2v) is 8.22. The maximum Gasteiger partial charge on any atom is 0.229 e. The average molecular weight is 374 g/mol. The van der Waals surface area contributed by atoms with Crippen LogP contribution in [-0.2, 0) is 20.8 Å². The van der Waals surface area contributed by atoms with E-state index in [2.05, 4.69) is 17.5 Å². The van der Waals surface area contributed by atoms with Crippen LogP contribution in [0.3, 0.4) is 0 Å². The van der Waals surface area contributed by atoms with E-state index in [0.717, 1.165) is 11.3 Å². The first-order valence-corrected chi connectivity index (χ1v) is 10.1. The Kier molecular flexibility index (Phi) is 4.43. The molecule has 4 rings (SSSR count). The van der Waals surface area contributed by atoms with Crippen LogP contribution in [0, 0.1) is 0 Å². The van der Waals surface area contributed by atoms with E-state index < -0.39 is 0 Å². The Labute approximate surface area is 153 Å². The Balaban J connectivity index is 1.53. The molecular weight excluding hydrogens is 356 g/mol.